The molecule has 2 N–H and O–H groups in total. The third-order valence-corrected chi connectivity index (χ3v) is 6.35. The van der Waals surface area contributed by atoms with Crippen molar-refractivity contribution in [2.75, 3.05) is 20.2 Å². The predicted molar refractivity (Wildman–Crippen MR) is 90.7 cm³/mol. The first kappa shape index (κ1) is 17.4. The summed E-state index contributed by atoms with van der Waals surface area (Å²) < 4.78 is 32.8. The number of aromatic amines is 1. The molecule has 0 aliphatic carbocycles. The zero-order chi connectivity index (χ0) is 18.2. The standard InChI is InChI=1S/C16H20N4O4S/c1-10-15(11(2)19-18-10)25(22,23)20-9-8-17-16(21)14(20)12-4-6-13(24-3)7-5-12/h4-7,14H,8-9H2,1-3H3,(H,17,21)(H,18,19). The van der Waals surface area contributed by atoms with Gasteiger partial charge in [-0.1, -0.05) is 12.1 Å². The minimum Gasteiger partial charge on any atom is -0.497 e. The number of methoxy groups -OCH3 is 1. The zero-order valence-electron chi connectivity index (χ0n) is 14.2. The van der Waals surface area contributed by atoms with Crippen LogP contribution in [0, 0.1) is 13.8 Å². The lowest BCUT2D eigenvalue weighted by Gasteiger charge is -2.34. The van der Waals surface area contributed by atoms with Crippen molar-refractivity contribution in [1.29, 1.82) is 0 Å². The molecule has 2 heterocycles. The second-order valence-corrected chi connectivity index (χ2v) is 7.67. The van der Waals surface area contributed by atoms with Gasteiger partial charge in [0.1, 0.15) is 16.7 Å². The molecule has 0 spiro atoms. The number of sulfonamides is 1. The Morgan fingerprint density at radius 2 is 1.92 bits per heavy atom. The Hall–Kier alpha value is -2.39. The van der Waals surface area contributed by atoms with E-state index in [2.05, 4.69) is 15.5 Å². The normalized spacial score (nSPS) is 18.8. The van der Waals surface area contributed by atoms with Gasteiger partial charge in [0.2, 0.25) is 15.9 Å². The molecule has 8 nitrogen and oxygen atoms in total. The second kappa shape index (κ2) is 6.49. The van der Waals surface area contributed by atoms with Gasteiger partial charge in [-0.3, -0.25) is 9.89 Å². The lowest BCUT2D eigenvalue weighted by molar-refractivity contribution is -0.126. The monoisotopic (exact) mass is 364 g/mol. The first-order valence-corrected chi connectivity index (χ1v) is 9.25. The van der Waals surface area contributed by atoms with Crippen LogP contribution < -0.4 is 10.1 Å². The van der Waals surface area contributed by atoms with Gasteiger partial charge in [-0.15, -0.1) is 0 Å². The molecular formula is C16H20N4O4S. The molecule has 1 aliphatic heterocycles. The van der Waals surface area contributed by atoms with Crippen molar-refractivity contribution in [2.24, 2.45) is 0 Å². The summed E-state index contributed by atoms with van der Waals surface area (Å²) in [5, 5.41) is 9.39. The Balaban J connectivity index is 2.07. The number of amides is 1. The van der Waals surface area contributed by atoms with E-state index < -0.39 is 16.1 Å². The van der Waals surface area contributed by atoms with Crippen LogP contribution in [0.15, 0.2) is 29.2 Å². The molecule has 1 aliphatic rings. The Bertz CT molecular complexity index is 870. The van der Waals surface area contributed by atoms with Crippen molar-refractivity contribution < 1.29 is 17.9 Å². The minimum absolute atomic E-state index is 0.126. The molecule has 134 valence electrons. The van der Waals surface area contributed by atoms with E-state index >= 15 is 0 Å². The number of aryl methyl sites for hydroxylation is 2. The Labute approximate surface area is 146 Å². The van der Waals surface area contributed by atoms with Crippen molar-refractivity contribution in [3.63, 3.8) is 0 Å². The first-order chi connectivity index (χ1) is 11.9. The maximum absolute atomic E-state index is 13.2. The van der Waals surface area contributed by atoms with Crippen LogP contribution in [0.2, 0.25) is 0 Å². The summed E-state index contributed by atoms with van der Waals surface area (Å²) in [4.78, 5) is 12.6. The summed E-state index contributed by atoms with van der Waals surface area (Å²) in [5.41, 5.74) is 1.43. The fourth-order valence-electron chi connectivity index (χ4n) is 3.05. The van der Waals surface area contributed by atoms with Crippen LogP contribution >= 0.6 is 0 Å². The minimum atomic E-state index is -3.88. The van der Waals surface area contributed by atoms with Crippen LogP contribution in [-0.2, 0) is 14.8 Å². The molecule has 1 atom stereocenters. The molecule has 0 saturated carbocycles. The lowest BCUT2D eigenvalue weighted by atomic mass is 10.0. The van der Waals surface area contributed by atoms with E-state index in [1.807, 2.05) is 0 Å². The molecule has 1 amide bonds. The van der Waals surface area contributed by atoms with E-state index in [4.69, 9.17) is 4.74 Å². The number of hydrogen-bond acceptors (Lipinski definition) is 5. The average molecular weight is 364 g/mol. The van der Waals surface area contributed by atoms with Gasteiger partial charge >= 0.3 is 0 Å². The number of aromatic nitrogens is 2. The fraction of sp³-hybridized carbons (Fsp3) is 0.375. The summed E-state index contributed by atoms with van der Waals surface area (Å²) in [6.45, 7) is 3.73. The first-order valence-electron chi connectivity index (χ1n) is 7.81. The van der Waals surface area contributed by atoms with Crippen LogP contribution in [0.1, 0.15) is 23.0 Å². The average Bonchev–Trinajstić information content (AvgIpc) is 2.94. The second-order valence-electron chi connectivity index (χ2n) is 5.85. The van der Waals surface area contributed by atoms with E-state index in [1.165, 1.54) is 4.31 Å². The van der Waals surface area contributed by atoms with Gasteiger partial charge in [0, 0.05) is 13.1 Å². The van der Waals surface area contributed by atoms with Crippen LogP contribution in [0.5, 0.6) is 5.75 Å². The van der Waals surface area contributed by atoms with Crippen LogP contribution in [0.4, 0.5) is 0 Å². The maximum Gasteiger partial charge on any atom is 0.247 e. The van der Waals surface area contributed by atoms with Gasteiger partial charge in [0.25, 0.3) is 0 Å². The highest BCUT2D eigenvalue weighted by Gasteiger charge is 2.41. The molecule has 25 heavy (non-hydrogen) atoms. The van der Waals surface area contributed by atoms with Crippen LogP contribution in [0.3, 0.4) is 0 Å². The SMILES string of the molecule is COc1ccc(C2C(=O)NCCN2S(=O)(=O)c2c(C)n[nH]c2C)cc1. The number of carbonyl (C=O) groups excluding carboxylic acids is 1. The highest BCUT2D eigenvalue weighted by molar-refractivity contribution is 7.89. The van der Waals surface area contributed by atoms with E-state index in [1.54, 1.807) is 45.2 Å². The van der Waals surface area contributed by atoms with Crippen molar-refractivity contribution in [3.05, 3.63) is 41.2 Å². The third-order valence-electron chi connectivity index (χ3n) is 4.23. The number of rotatable bonds is 4. The molecule has 1 aromatic heterocycles. The number of ether oxygens (including phenoxy) is 1. The topological polar surface area (TPSA) is 104 Å². The van der Waals surface area contributed by atoms with Crippen LogP contribution in [-0.4, -0.2) is 49.0 Å². The smallest absolute Gasteiger partial charge is 0.247 e. The molecule has 0 radical (unpaired) electrons. The van der Waals surface area contributed by atoms with Crippen molar-refractivity contribution >= 4 is 15.9 Å². The molecule has 1 aromatic carbocycles. The molecule has 0 bridgehead atoms. The molecule has 2 aromatic rings. The largest absolute Gasteiger partial charge is 0.497 e. The summed E-state index contributed by atoms with van der Waals surface area (Å²) in [6, 6.07) is 5.88. The number of carbonyl (C=O) groups is 1. The number of piperazine rings is 1. The van der Waals surface area contributed by atoms with Gasteiger partial charge < -0.3 is 10.1 Å². The van der Waals surface area contributed by atoms with E-state index in [0.717, 1.165) is 0 Å². The number of nitrogens with zero attached hydrogens (tertiary/aromatic N) is 2. The summed E-state index contributed by atoms with van der Waals surface area (Å²) in [5.74, 6) is 0.287. The van der Waals surface area contributed by atoms with Gasteiger partial charge in [0.15, 0.2) is 0 Å². The summed E-state index contributed by atoms with van der Waals surface area (Å²) in [6.07, 6.45) is 0. The highest BCUT2D eigenvalue weighted by atomic mass is 32.2. The maximum atomic E-state index is 13.2. The van der Waals surface area contributed by atoms with Crippen LogP contribution in [0.25, 0.3) is 0 Å². The number of hydrogen-bond donors (Lipinski definition) is 2. The lowest BCUT2D eigenvalue weighted by Crippen LogP contribution is -2.52. The predicted octanol–water partition coefficient (Wildman–Crippen LogP) is 0.897. The number of nitrogens with one attached hydrogen (secondary N) is 2. The third kappa shape index (κ3) is 3.00. The quantitative estimate of drug-likeness (QED) is 0.839. The van der Waals surface area contributed by atoms with E-state index in [9.17, 15) is 13.2 Å². The Morgan fingerprint density at radius 1 is 1.24 bits per heavy atom. The molecule has 1 unspecified atom stereocenters. The van der Waals surface area contributed by atoms with Gasteiger partial charge in [-0.25, -0.2) is 8.42 Å². The van der Waals surface area contributed by atoms with Gasteiger partial charge in [0.05, 0.1) is 18.5 Å². The molecular weight excluding hydrogens is 344 g/mol. The molecule has 3 rings (SSSR count). The molecule has 9 heteroatoms. The van der Waals surface area contributed by atoms with Gasteiger partial charge in [-0.05, 0) is 31.5 Å². The molecule has 1 fully saturated rings. The van der Waals surface area contributed by atoms with E-state index in [0.29, 0.717) is 22.7 Å². The fourth-order valence-corrected chi connectivity index (χ4v) is 4.96. The van der Waals surface area contributed by atoms with Crippen molar-refractivity contribution in [1.82, 2.24) is 19.8 Å². The summed E-state index contributed by atoms with van der Waals surface area (Å²) >= 11 is 0. The molecule has 1 saturated heterocycles. The van der Waals surface area contributed by atoms with E-state index in [-0.39, 0.29) is 23.9 Å². The zero-order valence-corrected chi connectivity index (χ0v) is 15.1. The number of H-pyrrole nitrogens is 1. The number of benzene rings is 1. The Morgan fingerprint density at radius 3 is 2.48 bits per heavy atom. The van der Waals surface area contributed by atoms with Crippen molar-refractivity contribution in [3.8, 4) is 5.75 Å². The van der Waals surface area contributed by atoms with Gasteiger partial charge in [-0.2, -0.15) is 9.40 Å². The summed E-state index contributed by atoms with van der Waals surface area (Å²) in [7, 11) is -2.33. The Kier molecular flexibility index (Phi) is 4.53. The van der Waals surface area contributed by atoms with Crippen molar-refractivity contribution in [2.45, 2.75) is 24.8 Å². The highest BCUT2D eigenvalue weighted by Crippen LogP contribution is 2.32.